The third-order valence-electron chi connectivity index (χ3n) is 14.6. The minimum absolute atomic E-state index is 0.0727. The first kappa shape index (κ1) is 70.6. The van der Waals surface area contributed by atoms with E-state index in [0.29, 0.717) is 19.3 Å². The highest BCUT2D eigenvalue weighted by Crippen LogP contribution is 2.18. The first-order valence-electron chi connectivity index (χ1n) is 32.5. The summed E-state index contributed by atoms with van der Waals surface area (Å²) in [5.41, 5.74) is 0. The van der Waals surface area contributed by atoms with E-state index in [4.69, 9.17) is 14.2 Å². The van der Waals surface area contributed by atoms with E-state index >= 15 is 0 Å². The molecule has 0 aromatic rings. The number of hydrogen-bond donors (Lipinski definition) is 0. The first-order valence-corrected chi connectivity index (χ1v) is 32.5. The molecule has 0 aliphatic carbocycles. The van der Waals surface area contributed by atoms with Gasteiger partial charge in [-0.25, -0.2) is 0 Å². The van der Waals surface area contributed by atoms with Crippen molar-refractivity contribution in [2.45, 2.75) is 361 Å². The summed E-state index contributed by atoms with van der Waals surface area (Å²) in [6.07, 6.45) is 76.0. The van der Waals surface area contributed by atoms with Crippen molar-refractivity contribution in [3.05, 3.63) is 36.5 Å². The van der Waals surface area contributed by atoms with Crippen LogP contribution in [0.1, 0.15) is 355 Å². The van der Waals surface area contributed by atoms with Crippen molar-refractivity contribution in [2.75, 3.05) is 13.2 Å². The fraction of sp³-hybridized carbons (Fsp3) is 0.866. The Kier molecular flexibility index (Phi) is 60.2. The lowest BCUT2D eigenvalue weighted by molar-refractivity contribution is -0.167. The zero-order valence-electron chi connectivity index (χ0n) is 49.2. The zero-order valence-corrected chi connectivity index (χ0v) is 49.2. The molecule has 0 aromatic carbocycles. The summed E-state index contributed by atoms with van der Waals surface area (Å²) >= 11 is 0. The predicted octanol–water partition coefficient (Wildman–Crippen LogP) is 22.0. The number of unbranched alkanes of at least 4 members (excludes halogenated alkanes) is 43. The van der Waals surface area contributed by atoms with Crippen LogP contribution in [0.3, 0.4) is 0 Å². The van der Waals surface area contributed by atoms with Crippen LogP contribution in [-0.2, 0) is 28.6 Å². The van der Waals surface area contributed by atoms with Crippen LogP contribution in [0.2, 0.25) is 0 Å². The van der Waals surface area contributed by atoms with Gasteiger partial charge < -0.3 is 14.2 Å². The minimum Gasteiger partial charge on any atom is -0.462 e. The lowest BCUT2D eigenvalue weighted by atomic mass is 10.0. The van der Waals surface area contributed by atoms with E-state index in [-0.39, 0.29) is 31.1 Å². The third kappa shape index (κ3) is 60.4. The van der Waals surface area contributed by atoms with Crippen LogP contribution in [0, 0.1) is 0 Å². The zero-order chi connectivity index (χ0) is 52.9. The molecule has 0 saturated heterocycles. The summed E-state index contributed by atoms with van der Waals surface area (Å²) in [6.45, 7) is 6.66. The Bertz CT molecular complexity index is 1220. The van der Waals surface area contributed by atoms with E-state index in [9.17, 15) is 14.4 Å². The molecule has 0 spiro atoms. The SMILES string of the molecule is CCCCCCC/C=C\C/C=C\C/C=C\CCCCCCCCC(=O)OC(COC(=O)CCCCCCCCCCC)COC(=O)CCCCCCCCCCCCCCCCCCCCCCCCCCC. The molecule has 0 radical (unpaired) electrons. The normalized spacial score (nSPS) is 12.2. The van der Waals surface area contributed by atoms with Gasteiger partial charge in [-0.15, -0.1) is 0 Å². The molecule has 6 heteroatoms. The average Bonchev–Trinajstić information content (AvgIpc) is 3.39. The molecule has 428 valence electrons. The second kappa shape index (κ2) is 62.2. The summed E-state index contributed by atoms with van der Waals surface area (Å²) in [5.74, 6) is -0.866. The third-order valence-corrected chi connectivity index (χ3v) is 14.6. The number of hydrogen-bond acceptors (Lipinski definition) is 6. The molecular weight excluding hydrogens is 901 g/mol. The van der Waals surface area contributed by atoms with Gasteiger partial charge in [0.25, 0.3) is 0 Å². The van der Waals surface area contributed by atoms with Gasteiger partial charge in [-0.3, -0.25) is 14.4 Å². The molecule has 6 nitrogen and oxygen atoms in total. The van der Waals surface area contributed by atoms with E-state index in [1.807, 2.05) is 0 Å². The fourth-order valence-corrected chi connectivity index (χ4v) is 9.75. The highest BCUT2D eigenvalue weighted by molar-refractivity contribution is 5.71. The summed E-state index contributed by atoms with van der Waals surface area (Å²) in [4.78, 5) is 38.2. The van der Waals surface area contributed by atoms with Crippen molar-refractivity contribution in [1.82, 2.24) is 0 Å². The highest BCUT2D eigenvalue weighted by atomic mass is 16.6. The second-order valence-electron chi connectivity index (χ2n) is 22.0. The molecular formula is C67H124O6. The van der Waals surface area contributed by atoms with Gasteiger partial charge in [0.1, 0.15) is 13.2 Å². The summed E-state index contributed by atoms with van der Waals surface area (Å²) in [5, 5.41) is 0. The standard InChI is InChI=1S/C67H124O6/c1-4-7-10-13-16-19-21-23-25-27-29-31-32-33-34-36-37-39-41-43-45-48-51-54-57-60-66(69)72-63-64(62-71-65(68)59-56-53-50-47-18-15-12-9-6-3)73-67(70)61-58-55-52-49-46-44-42-40-38-35-30-28-26-24-22-20-17-14-11-8-5-2/h22,24,28,30,38,40,64H,4-21,23,25-27,29,31-37,39,41-63H2,1-3H3/b24-22-,30-28-,40-38-. The van der Waals surface area contributed by atoms with Crippen LogP contribution in [-0.4, -0.2) is 37.2 Å². The average molecular weight is 1030 g/mol. The van der Waals surface area contributed by atoms with Crippen molar-refractivity contribution < 1.29 is 28.6 Å². The Morgan fingerprint density at radius 3 is 0.767 bits per heavy atom. The van der Waals surface area contributed by atoms with E-state index in [1.165, 1.54) is 238 Å². The molecule has 0 N–H and O–H groups in total. The second-order valence-corrected chi connectivity index (χ2v) is 22.0. The van der Waals surface area contributed by atoms with Gasteiger partial charge in [0.05, 0.1) is 0 Å². The smallest absolute Gasteiger partial charge is 0.306 e. The Hall–Kier alpha value is -2.37. The monoisotopic (exact) mass is 1020 g/mol. The maximum atomic E-state index is 12.9. The molecule has 0 rings (SSSR count). The molecule has 0 aromatic heterocycles. The minimum atomic E-state index is -0.775. The molecule has 1 unspecified atom stereocenters. The molecule has 0 amide bonds. The molecule has 73 heavy (non-hydrogen) atoms. The van der Waals surface area contributed by atoms with Crippen molar-refractivity contribution in [2.24, 2.45) is 0 Å². The van der Waals surface area contributed by atoms with Gasteiger partial charge in [0, 0.05) is 19.3 Å². The quantitative estimate of drug-likeness (QED) is 0.0261. The molecule has 0 fully saturated rings. The maximum absolute atomic E-state index is 12.9. The lowest BCUT2D eigenvalue weighted by Gasteiger charge is -2.18. The predicted molar refractivity (Wildman–Crippen MR) is 316 cm³/mol. The van der Waals surface area contributed by atoms with Crippen LogP contribution in [0.5, 0.6) is 0 Å². The molecule has 0 heterocycles. The number of rotatable bonds is 60. The number of allylic oxidation sites excluding steroid dienone is 6. The van der Waals surface area contributed by atoms with E-state index < -0.39 is 6.10 Å². The van der Waals surface area contributed by atoms with Crippen molar-refractivity contribution in [3.8, 4) is 0 Å². The molecule has 0 aliphatic heterocycles. The van der Waals surface area contributed by atoms with E-state index in [2.05, 4.69) is 57.2 Å². The van der Waals surface area contributed by atoms with Crippen molar-refractivity contribution in [1.29, 1.82) is 0 Å². The lowest BCUT2D eigenvalue weighted by Crippen LogP contribution is -2.30. The van der Waals surface area contributed by atoms with E-state index in [0.717, 1.165) is 77.0 Å². The Balaban J connectivity index is 4.18. The van der Waals surface area contributed by atoms with Gasteiger partial charge in [0.15, 0.2) is 6.10 Å². The topological polar surface area (TPSA) is 78.9 Å². The summed E-state index contributed by atoms with van der Waals surface area (Å²) in [6, 6.07) is 0. The number of ether oxygens (including phenoxy) is 3. The van der Waals surface area contributed by atoms with Crippen LogP contribution in [0.4, 0.5) is 0 Å². The molecule has 0 aliphatic rings. The van der Waals surface area contributed by atoms with Crippen LogP contribution >= 0.6 is 0 Å². The van der Waals surface area contributed by atoms with E-state index in [1.54, 1.807) is 0 Å². The Labute approximate surface area is 455 Å². The summed E-state index contributed by atoms with van der Waals surface area (Å²) in [7, 11) is 0. The van der Waals surface area contributed by atoms with Gasteiger partial charge in [-0.05, 0) is 57.8 Å². The van der Waals surface area contributed by atoms with Gasteiger partial charge >= 0.3 is 17.9 Å². The first-order chi connectivity index (χ1) is 36.0. The number of carbonyl (C=O) groups excluding carboxylic acids is 3. The van der Waals surface area contributed by atoms with Crippen molar-refractivity contribution >= 4 is 17.9 Å². The fourth-order valence-electron chi connectivity index (χ4n) is 9.75. The molecule has 1 atom stereocenters. The molecule has 0 saturated carbocycles. The summed E-state index contributed by atoms with van der Waals surface area (Å²) < 4.78 is 16.9. The molecule has 0 bridgehead atoms. The number of carbonyl (C=O) groups is 3. The Morgan fingerprint density at radius 1 is 0.274 bits per heavy atom. The van der Waals surface area contributed by atoms with Crippen LogP contribution < -0.4 is 0 Å². The van der Waals surface area contributed by atoms with Crippen LogP contribution in [0.25, 0.3) is 0 Å². The van der Waals surface area contributed by atoms with Gasteiger partial charge in [0.2, 0.25) is 0 Å². The maximum Gasteiger partial charge on any atom is 0.306 e. The van der Waals surface area contributed by atoms with Gasteiger partial charge in [-0.1, -0.05) is 314 Å². The van der Waals surface area contributed by atoms with Crippen molar-refractivity contribution in [3.63, 3.8) is 0 Å². The highest BCUT2D eigenvalue weighted by Gasteiger charge is 2.19. The Morgan fingerprint density at radius 2 is 0.493 bits per heavy atom. The van der Waals surface area contributed by atoms with Gasteiger partial charge in [-0.2, -0.15) is 0 Å². The van der Waals surface area contributed by atoms with Crippen LogP contribution in [0.15, 0.2) is 36.5 Å². The largest absolute Gasteiger partial charge is 0.462 e. The number of esters is 3.